The van der Waals surface area contributed by atoms with Crippen LogP contribution in [0.4, 0.5) is 0 Å². The molecule has 4 rings (SSSR count). The summed E-state index contributed by atoms with van der Waals surface area (Å²) in [4.78, 5) is 0. The minimum absolute atomic E-state index is 0.355. The van der Waals surface area contributed by atoms with Gasteiger partial charge in [-0.1, -0.05) is 97.1 Å². The molecule has 1 aliphatic carbocycles. The minimum atomic E-state index is 0.355. The van der Waals surface area contributed by atoms with Gasteiger partial charge in [-0.3, -0.25) is 0 Å². The topological polar surface area (TPSA) is 4.93 Å². The van der Waals surface area contributed by atoms with Gasteiger partial charge in [0.1, 0.15) is 0 Å². The summed E-state index contributed by atoms with van der Waals surface area (Å²) in [5.74, 6) is 2.61. The first kappa shape index (κ1) is 27.6. The Hall–Kier alpha value is -4.02. The Morgan fingerprint density at radius 2 is 1.81 bits per heavy atom. The van der Waals surface area contributed by atoms with E-state index in [0.717, 1.165) is 25.7 Å². The number of rotatable bonds is 9. The van der Waals surface area contributed by atoms with Crippen LogP contribution in [0.15, 0.2) is 115 Å². The van der Waals surface area contributed by atoms with Crippen LogP contribution in [-0.4, -0.2) is 4.57 Å². The second-order valence-electron chi connectivity index (χ2n) is 9.05. The smallest absolute Gasteiger partial charge is 0.0534 e. The highest BCUT2D eigenvalue weighted by molar-refractivity contribution is 5.95. The van der Waals surface area contributed by atoms with Crippen LogP contribution in [0.1, 0.15) is 50.4 Å². The molecular formula is C36H39N. The zero-order chi connectivity index (χ0) is 26.5. The molecule has 37 heavy (non-hydrogen) atoms. The molecule has 0 N–H and O–H groups in total. The van der Waals surface area contributed by atoms with Gasteiger partial charge in [-0.05, 0) is 56.9 Å². The molecule has 1 aromatic heterocycles. The molecule has 3 aromatic rings. The van der Waals surface area contributed by atoms with Gasteiger partial charge < -0.3 is 4.57 Å². The van der Waals surface area contributed by atoms with Crippen LogP contribution in [0, 0.1) is 18.3 Å². The van der Waals surface area contributed by atoms with E-state index in [4.69, 9.17) is 0 Å². The molecule has 2 aromatic carbocycles. The third-order valence-corrected chi connectivity index (χ3v) is 6.53. The number of benzene rings is 2. The molecule has 0 aliphatic heterocycles. The molecule has 1 aliphatic rings. The Morgan fingerprint density at radius 3 is 2.51 bits per heavy atom. The molecule has 0 spiro atoms. The summed E-state index contributed by atoms with van der Waals surface area (Å²) in [5, 5.41) is 1.32. The van der Waals surface area contributed by atoms with Crippen LogP contribution in [0.3, 0.4) is 0 Å². The van der Waals surface area contributed by atoms with Crippen molar-refractivity contribution in [3.05, 3.63) is 132 Å². The van der Waals surface area contributed by atoms with Crippen molar-refractivity contribution in [2.75, 3.05) is 0 Å². The van der Waals surface area contributed by atoms with Gasteiger partial charge in [0.2, 0.25) is 0 Å². The van der Waals surface area contributed by atoms with Crippen LogP contribution in [0.5, 0.6) is 0 Å². The van der Waals surface area contributed by atoms with E-state index in [1.54, 1.807) is 6.92 Å². The Bertz CT molecular complexity index is 1360. The molecule has 0 saturated heterocycles. The predicted octanol–water partition coefficient (Wildman–Crippen LogP) is 9.59. The van der Waals surface area contributed by atoms with E-state index in [2.05, 4.69) is 141 Å². The lowest BCUT2D eigenvalue weighted by Gasteiger charge is -2.13. The maximum atomic E-state index is 4.60. The molecular weight excluding hydrogens is 446 g/mol. The van der Waals surface area contributed by atoms with E-state index in [1.165, 1.54) is 39.0 Å². The normalized spacial score (nSPS) is 14.0. The van der Waals surface area contributed by atoms with Crippen LogP contribution in [-0.2, 0) is 12.8 Å². The van der Waals surface area contributed by atoms with Crippen molar-refractivity contribution in [1.29, 1.82) is 0 Å². The van der Waals surface area contributed by atoms with Crippen molar-refractivity contribution in [3.63, 3.8) is 0 Å². The molecule has 1 atom stereocenters. The second-order valence-corrected chi connectivity index (χ2v) is 9.05. The van der Waals surface area contributed by atoms with Crippen molar-refractivity contribution in [3.8, 4) is 12.3 Å². The summed E-state index contributed by atoms with van der Waals surface area (Å²) in [6.07, 6.45) is 28.7. The zero-order valence-corrected chi connectivity index (χ0v) is 22.5. The molecule has 0 radical (unpaired) electrons. The first-order valence-electron chi connectivity index (χ1n) is 13.1. The van der Waals surface area contributed by atoms with Crippen LogP contribution >= 0.6 is 0 Å². The largest absolute Gasteiger partial charge is 0.316 e. The van der Waals surface area contributed by atoms with Crippen molar-refractivity contribution >= 4 is 22.7 Å². The summed E-state index contributed by atoms with van der Waals surface area (Å²) in [6.45, 7) is 9.89. The number of aromatic nitrogens is 1. The predicted molar refractivity (Wildman–Crippen MR) is 164 cm³/mol. The van der Waals surface area contributed by atoms with E-state index in [9.17, 15) is 0 Å². The lowest BCUT2D eigenvalue weighted by molar-refractivity contribution is 0.801. The third kappa shape index (κ3) is 7.02. The van der Waals surface area contributed by atoms with E-state index in [0.29, 0.717) is 5.92 Å². The fourth-order valence-electron chi connectivity index (χ4n) is 4.87. The van der Waals surface area contributed by atoms with Gasteiger partial charge in [-0.15, -0.1) is 18.9 Å². The fraction of sp³-hybridized carbons (Fsp3) is 0.222. The molecule has 1 nitrogen and oxygen atoms in total. The Morgan fingerprint density at radius 1 is 1.08 bits per heavy atom. The third-order valence-electron chi connectivity index (χ3n) is 6.53. The number of terminal acetylenes is 1. The first-order chi connectivity index (χ1) is 18.2. The van der Waals surface area contributed by atoms with E-state index < -0.39 is 0 Å². The number of fused-ring (bicyclic) bond motifs is 3. The van der Waals surface area contributed by atoms with Gasteiger partial charge >= 0.3 is 0 Å². The molecule has 1 heteroatoms. The summed E-state index contributed by atoms with van der Waals surface area (Å²) in [6, 6.07) is 19.5. The van der Waals surface area contributed by atoms with E-state index in [-0.39, 0.29) is 0 Å². The maximum Gasteiger partial charge on any atom is 0.0534 e. The summed E-state index contributed by atoms with van der Waals surface area (Å²) in [5.41, 5.74) is 8.03. The van der Waals surface area contributed by atoms with Crippen molar-refractivity contribution in [1.82, 2.24) is 4.57 Å². The summed E-state index contributed by atoms with van der Waals surface area (Å²) < 4.78 is 2.49. The van der Waals surface area contributed by atoms with Gasteiger partial charge in [-0.2, -0.15) is 0 Å². The Kier molecular flexibility index (Phi) is 10.8. The summed E-state index contributed by atoms with van der Waals surface area (Å²) >= 11 is 0. The number of allylic oxidation sites excluding steroid dienone is 10. The van der Waals surface area contributed by atoms with Gasteiger partial charge in [-0.25, -0.2) is 0 Å². The van der Waals surface area contributed by atoms with Crippen molar-refractivity contribution < 1.29 is 0 Å². The van der Waals surface area contributed by atoms with Crippen molar-refractivity contribution in [2.45, 2.75) is 46.5 Å². The van der Waals surface area contributed by atoms with Crippen LogP contribution < -0.4 is 0 Å². The number of nitrogens with zero attached hydrogens (tertiary/aromatic N) is 1. The molecule has 0 fully saturated rings. The molecule has 0 bridgehead atoms. The average Bonchev–Trinajstić information content (AvgIpc) is 3.06. The van der Waals surface area contributed by atoms with Gasteiger partial charge in [0.05, 0.1) is 5.52 Å². The average molecular weight is 486 g/mol. The lowest BCUT2D eigenvalue weighted by Crippen LogP contribution is -2.02. The standard InChI is InChI=1S/C33H35N.C3H4/c1-4-15-27(16-5-2)28-20-14-24-33-31(25-28)30-22-12-13-23-32(30)34(33)29(6-3)21-11-10-19-26-17-8-7-9-18-26;1-3-2/h4-14,16-18,20,22-23,25,27H,1,15,19,21,24H2,2-3H3;1H,2H3/b11-10-,16-5-,29-6+;. The molecule has 1 heterocycles. The van der Waals surface area contributed by atoms with Crippen LogP contribution in [0.2, 0.25) is 0 Å². The van der Waals surface area contributed by atoms with Crippen LogP contribution in [0.25, 0.3) is 22.7 Å². The van der Waals surface area contributed by atoms with Gasteiger partial charge in [0, 0.05) is 41.1 Å². The Labute approximate surface area is 223 Å². The molecule has 0 amide bonds. The lowest BCUT2D eigenvalue weighted by atomic mass is 9.93. The van der Waals surface area contributed by atoms with Gasteiger partial charge in [0.15, 0.2) is 0 Å². The highest BCUT2D eigenvalue weighted by atomic mass is 15.0. The van der Waals surface area contributed by atoms with Gasteiger partial charge in [0.25, 0.3) is 0 Å². The van der Waals surface area contributed by atoms with Crippen molar-refractivity contribution in [2.24, 2.45) is 5.92 Å². The number of hydrogen-bond donors (Lipinski definition) is 0. The Balaban J connectivity index is 0.00000121. The summed E-state index contributed by atoms with van der Waals surface area (Å²) in [7, 11) is 0. The SMILES string of the molecule is C#CC.C=CCC(/C=C\C)C1=Cc2c(n(/C(=C/C)C/C=C\Cc3ccccc3)c3ccccc23)CC=C1. The first-order valence-corrected chi connectivity index (χ1v) is 13.1. The number of para-hydroxylation sites is 1. The fourth-order valence-corrected chi connectivity index (χ4v) is 4.87. The molecule has 188 valence electrons. The maximum absolute atomic E-state index is 4.60. The van der Waals surface area contributed by atoms with E-state index in [1.807, 2.05) is 6.08 Å². The number of hydrogen-bond acceptors (Lipinski definition) is 0. The molecule has 1 unspecified atom stereocenters. The minimum Gasteiger partial charge on any atom is -0.316 e. The highest BCUT2D eigenvalue weighted by Crippen LogP contribution is 2.36. The monoisotopic (exact) mass is 485 g/mol. The zero-order valence-electron chi connectivity index (χ0n) is 22.5. The molecule has 0 saturated carbocycles. The quantitative estimate of drug-likeness (QED) is 0.210. The second kappa shape index (κ2) is 14.5. The van der Waals surface area contributed by atoms with E-state index >= 15 is 0 Å². The highest BCUT2D eigenvalue weighted by Gasteiger charge is 2.20.